The van der Waals surface area contributed by atoms with E-state index in [-0.39, 0.29) is 36.7 Å². The summed E-state index contributed by atoms with van der Waals surface area (Å²) in [6.07, 6.45) is 8.97. The molecule has 0 nitrogen and oxygen atoms in total. The van der Waals surface area contributed by atoms with Gasteiger partial charge in [0.15, 0.2) is 0 Å². The maximum absolute atomic E-state index is 3.72. The molecule has 212 valence electrons. The summed E-state index contributed by atoms with van der Waals surface area (Å²) >= 11 is 0. The van der Waals surface area contributed by atoms with Crippen LogP contribution in [0.4, 0.5) is 0 Å². The van der Waals surface area contributed by atoms with Gasteiger partial charge in [0, 0.05) is 0 Å². The Bertz CT molecular complexity index is 1190. The van der Waals surface area contributed by atoms with Crippen molar-refractivity contribution in [2.45, 2.75) is 78.1 Å². The van der Waals surface area contributed by atoms with Crippen molar-refractivity contribution in [3.05, 3.63) is 157 Å². The van der Waals surface area contributed by atoms with Gasteiger partial charge >= 0.3 is 25.8 Å². The fraction of sp³-hybridized carbons (Fsp3) is 0.300. The fourth-order valence-corrected chi connectivity index (χ4v) is 4.20. The van der Waals surface area contributed by atoms with Crippen LogP contribution < -0.4 is 0 Å². The zero-order valence-corrected chi connectivity index (χ0v) is 29.8. The molecule has 1 aliphatic rings. The van der Waals surface area contributed by atoms with Crippen LogP contribution >= 0.6 is 0 Å². The summed E-state index contributed by atoms with van der Waals surface area (Å²) < 4.78 is 0. The Labute approximate surface area is 270 Å². The van der Waals surface area contributed by atoms with Gasteiger partial charge in [0.05, 0.1) is 0 Å². The smallest absolute Gasteiger partial charge is 0.504 e. The van der Waals surface area contributed by atoms with Gasteiger partial charge in [-0.2, -0.15) is 73.0 Å². The molecule has 0 saturated heterocycles. The Morgan fingerprint density at radius 1 is 0.878 bits per heavy atom. The summed E-state index contributed by atoms with van der Waals surface area (Å²) in [4.78, 5) is 0. The van der Waals surface area contributed by atoms with Crippen LogP contribution in [0.5, 0.6) is 0 Å². The summed E-state index contributed by atoms with van der Waals surface area (Å²) in [5.41, 5.74) is 9.78. The summed E-state index contributed by atoms with van der Waals surface area (Å²) in [5, 5.41) is 0. The average Bonchev–Trinajstić information content (AvgIpc) is 3.60. The van der Waals surface area contributed by atoms with Gasteiger partial charge < -0.3 is 6.08 Å². The average molecular weight is 707 g/mol. The van der Waals surface area contributed by atoms with Crippen molar-refractivity contribution in [1.29, 1.82) is 0 Å². The van der Waals surface area contributed by atoms with Gasteiger partial charge in [0.25, 0.3) is 0 Å². The Balaban J connectivity index is 0.000000343. The van der Waals surface area contributed by atoms with E-state index in [0.29, 0.717) is 0 Å². The normalized spacial score (nSPS) is 11.0. The molecule has 0 aliphatic heterocycles. The molecule has 0 bridgehead atoms. The molecular formula is C40H48Hf. The van der Waals surface area contributed by atoms with E-state index in [2.05, 4.69) is 104 Å². The molecule has 0 radical (unpaired) electrons. The summed E-state index contributed by atoms with van der Waals surface area (Å²) in [6, 6.07) is 35.0. The largest absolute Gasteiger partial charge is 4.00 e. The number of hydrogen-bond acceptors (Lipinski definition) is 0. The van der Waals surface area contributed by atoms with Crippen molar-refractivity contribution in [3.8, 4) is 11.1 Å². The Morgan fingerprint density at radius 3 is 1.98 bits per heavy atom. The second-order valence-electron chi connectivity index (χ2n) is 12.2. The molecule has 4 aromatic carbocycles. The fourth-order valence-electron chi connectivity index (χ4n) is 4.20. The maximum atomic E-state index is 3.72. The van der Waals surface area contributed by atoms with Gasteiger partial charge in [-0.3, -0.25) is 6.58 Å². The first-order chi connectivity index (χ1) is 19.0. The number of unbranched alkanes of at least 4 members (excludes halogenated alkanes) is 2. The van der Waals surface area contributed by atoms with Crippen molar-refractivity contribution in [3.63, 3.8) is 0 Å². The molecule has 0 atom stereocenters. The number of rotatable bonds is 4. The zero-order chi connectivity index (χ0) is 29.6. The number of fused-ring (bicyclic) bond motifs is 3. The van der Waals surface area contributed by atoms with Crippen molar-refractivity contribution in [2.24, 2.45) is 0 Å². The number of hydrogen-bond donors (Lipinski definition) is 0. The maximum Gasteiger partial charge on any atom is 4.00 e. The van der Waals surface area contributed by atoms with Crippen LogP contribution in [0.3, 0.4) is 0 Å². The number of allylic oxidation sites excluding steroid dienone is 2. The van der Waals surface area contributed by atoms with Crippen LogP contribution in [-0.4, -0.2) is 0 Å². The van der Waals surface area contributed by atoms with Crippen LogP contribution in [-0.2, 0) is 43.1 Å². The first-order valence-electron chi connectivity index (χ1n) is 14.3. The quantitative estimate of drug-likeness (QED) is 0.0755. The minimum atomic E-state index is 0. The van der Waals surface area contributed by atoms with Crippen molar-refractivity contribution in [2.75, 3.05) is 0 Å². The van der Waals surface area contributed by atoms with E-state index < -0.39 is 0 Å². The molecule has 0 saturated carbocycles. The van der Waals surface area contributed by atoms with Gasteiger partial charge in [-0.05, 0) is 34.8 Å². The van der Waals surface area contributed by atoms with Gasteiger partial charge in [0.1, 0.15) is 0 Å². The van der Waals surface area contributed by atoms with Crippen LogP contribution in [0.2, 0.25) is 0 Å². The van der Waals surface area contributed by atoms with Gasteiger partial charge in [-0.1, -0.05) is 83.9 Å². The molecule has 41 heavy (non-hydrogen) atoms. The molecule has 4 aromatic rings. The first kappa shape index (κ1) is 36.3. The molecule has 0 N–H and O–H groups in total. The third-order valence-electron chi connectivity index (χ3n) is 6.62. The molecule has 1 aliphatic carbocycles. The molecule has 1 heteroatoms. The summed E-state index contributed by atoms with van der Waals surface area (Å²) in [7, 11) is 0. The van der Waals surface area contributed by atoms with E-state index >= 15 is 0 Å². The third-order valence-corrected chi connectivity index (χ3v) is 6.62. The second kappa shape index (κ2) is 17.9. The minimum absolute atomic E-state index is 0. The van der Waals surface area contributed by atoms with Gasteiger partial charge in [0.2, 0.25) is 0 Å². The Hall–Kier alpha value is -2.77. The van der Waals surface area contributed by atoms with Crippen LogP contribution in [0.25, 0.3) is 11.1 Å². The van der Waals surface area contributed by atoms with Crippen LogP contribution in [0.1, 0.15) is 88.6 Å². The van der Waals surface area contributed by atoms with Crippen molar-refractivity contribution >= 4 is 0 Å². The predicted molar refractivity (Wildman–Crippen MR) is 177 cm³/mol. The van der Waals surface area contributed by atoms with E-state index in [9.17, 15) is 0 Å². The third kappa shape index (κ3) is 12.7. The van der Waals surface area contributed by atoms with E-state index in [1.165, 1.54) is 33.4 Å². The van der Waals surface area contributed by atoms with Gasteiger partial charge in [-0.25, -0.2) is 12.1 Å². The van der Waals surface area contributed by atoms with Gasteiger partial charge in [-0.15, -0.1) is 29.8 Å². The van der Waals surface area contributed by atoms with Crippen LogP contribution in [0.15, 0.2) is 110 Å². The molecular weight excluding hydrogens is 659 g/mol. The van der Waals surface area contributed by atoms with Crippen molar-refractivity contribution < 1.29 is 25.8 Å². The van der Waals surface area contributed by atoms with E-state index in [1.54, 1.807) is 0 Å². The molecule has 0 fully saturated rings. The monoisotopic (exact) mass is 708 g/mol. The predicted octanol–water partition coefficient (Wildman–Crippen LogP) is 11.3. The number of benzene rings is 3. The standard InChI is InChI=1S/C21H25.C7H7.C7H11.C5H5.Hf/c1-20(2,3)16-7-9-18-14(12-16)11-15-13-17(21(4,5)6)8-10-19(15)18;1-7-5-3-2-4-6-7;1-3-5-7-6-4-2;1-2-4-5-3-1;/h7-10,12H,11H2,1-6H3;2-6H,1H2;3H,1-2,5-7H2;1-5H;/q4*-1;+4. The molecule has 0 heterocycles. The molecule has 0 unspecified atom stereocenters. The van der Waals surface area contributed by atoms with E-state index in [0.717, 1.165) is 31.2 Å². The topological polar surface area (TPSA) is 0 Å². The van der Waals surface area contributed by atoms with Crippen molar-refractivity contribution in [1.82, 2.24) is 0 Å². The SMILES string of the molecule is C=[C-]CCCC=C.CC(C)(C)c1[c-]c2c(cc1)-c1ccc(C(C)(C)C)cc1C2.[CH2-]c1ccccc1.[Hf+4].c1cc[cH-]c1. The second-order valence-corrected chi connectivity index (χ2v) is 12.2. The summed E-state index contributed by atoms with van der Waals surface area (Å²) in [6.45, 7) is 24.4. The molecule has 5 rings (SSSR count). The zero-order valence-electron chi connectivity index (χ0n) is 26.2. The Kier molecular flexibility index (Phi) is 15.8. The molecule has 0 amide bonds. The molecule has 0 spiro atoms. The first-order valence-corrected chi connectivity index (χ1v) is 14.3. The van der Waals surface area contributed by atoms with E-state index in [1.807, 2.05) is 66.7 Å². The minimum Gasteiger partial charge on any atom is -0.504 e. The Morgan fingerprint density at radius 2 is 1.51 bits per heavy atom. The van der Waals surface area contributed by atoms with Crippen LogP contribution in [0, 0.1) is 19.1 Å². The summed E-state index contributed by atoms with van der Waals surface area (Å²) in [5.74, 6) is 0. The van der Waals surface area contributed by atoms with E-state index in [4.69, 9.17) is 0 Å². The molecule has 0 aromatic heterocycles.